The van der Waals surface area contributed by atoms with Crippen LogP contribution in [0.15, 0.2) is 12.7 Å². The minimum atomic E-state index is -4.60. The number of aliphatic hydroxyl groups is 1. The highest BCUT2D eigenvalue weighted by Gasteiger charge is 2.41. The number of imidazole rings is 1. The largest absolute Gasteiger partial charge is 0.458 e. The molecule has 0 amide bonds. The Hall–Kier alpha value is -2.64. The molecule has 0 spiro atoms. The van der Waals surface area contributed by atoms with Gasteiger partial charge in [0.1, 0.15) is 29.4 Å². The molecule has 214 valence electrons. The molecule has 0 fully saturated rings. The summed E-state index contributed by atoms with van der Waals surface area (Å²) in [6.45, 7) is 11.7. The first-order chi connectivity index (χ1) is 17.6. The van der Waals surface area contributed by atoms with Crippen molar-refractivity contribution in [2.75, 3.05) is 31.4 Å². The van der Waals surface area contributed by atoms with Gasteiger partial charge in [-0.25, -0.2) is 24.5 Å². The first-order valence-corrected chi connectivity index (χ1v) is 13.9. The maximum Gasteiger partial charge on any atom is 0.354 e. The lowest BCUT2D eigenvalue weighted by molar-refractivity contribution is -0.179. The lowest BCUT2D eigenvalue weighted by Gasteiger charge is -2.27. The van der Waals surface area contributed by atoms with E-state index in [0.717, 1.165) is 0 Å². The molecule has 0 aliphatic heterocycles. The van der Waals surface area contributed by atoms with E-state index in [0.29, 0.717) is 23.5 Å². The molecule has 0 bridgehead atoms. The Labute approximate surface area is 221 Å². The summed E-state index contributed by atoms with van der Waals surface area (Å²) in [4.78, 5) is 48.1. The minimum Gasteiger partial charge on any atom is -0.458 e. The van der Waals surface area contributed by atoms with Crippen LogP contribution in [0.25, 0.3) is 11.2 Å². The maximum atomic E-state index is 12.7. The molecular weight excluding hydrogens is 521 g/mol. The van der Waals surface area contributed by atoms with Gasteiger partial charge < -0.3 is 34.1 Å². The molecule has 2 aromatic rings. The zero-order valence-corrected chi connectivity index (χ0v) is 23.7. The van der Waals surface area contributed by atoms with Crippen molar-refractivity contribution >= 4 is 36.5 Å². The van der Waals surface area contributed by atoms with Crippen molar-refractivity contribution in [3.63, 3.8) is 0 Å². The molecule has 2 unspecified atom stereocenters. The van der Waals surface area contributed by atoms with Gasteiger partial charge >= 0.3 is 19.5 Å². The fraction of sp³-hybridized carbons (Fsp3) is 0.696. The minimum absolute atomic E-state index is 0.0620. The van der Waals surface area contributed by atoms with Crippen LogP contribution in [0.3, 0.4) is 0 Å². The summed E-state index contributed by atoms with van der Waals surface area (Å²) < 4.78 is 35.0. The van der Waals surface area contributed by atoms with Gasteiger partial charge in [0, 0.05) is 13.2 Å². The molecular formula is C23H38N5O9P. The van der Waals surface area contributed by atoms with Crippen LogP contribution in [0.4, 0.5) is 5.82 Å². The number of hydrogen-bond donors (Lipinski definition) is 3. The summed E-state index contributed by atoms with van der Waals surface area (Å²) in [7, 11) is -4.60. The van der Waals surface area contributed by atoms with E-state index in [-0.39, 0.29) is 19.6 Å². The second-order valence-electron chi connectivity index (χ2n) is 10.4. The van der Waals surface area contributed by atoms with Crippen molar-refractivity contribution in [2.45, 2.75) is 78.2 Å². The molecule has 2 aromatic heterocycles. The normalized spacial score (nSPS) is 14.8. The van der Waals surface area contributed by atoms with Crippen LogP contribution in [-0.2, 0) is 32.9 Å². The SMILES string of the molecule is CCNc1ncnc2c1ncn2C(CO)CCOCP(=O)(O)OC(C(=O)OC(C)(C)C)C(=O)OC(C)(C)C. The summed E-state index contributed by atoms with van der Waals surface area (Å²) in [6, 6.07) is -0.500. The predicted molar refractivity (Wildman–Crippen MR) is 137 cm³/mol. The van der Waals surface area contributed by atoms with Gasteiger partial charge in [0.15, 0.2) is 11.5 Å². The van der Waals surface area contributed by atoms with Crippen LogP contribution >= 0.6 is 7.60 Å². The molecule has 14 nitrogen and oxygen atoms in total. The molecule has 0 aliphatic carbocycles. The molecule has 0 saturated carbocycles. The van der Waals surface area contributed by atoms with Crippen LogP contribution < -0.4 is 5.32 Å². The predicted octanol–water partition coefficient (Wildman–Crippen LogP) is 2.41. The topological polar surface area (TPSA) is 184 Å². The van der Waals surface area contributed by atoms with E-state index in [1.54, 1.807) is 46.1 Å². The van der Waals surface area contributed by atoms with Crippen molar-refractivity contribution in [3.05, 3.63) is 12.7 Å². The number of aromatic nitrogens is 4. The van der Waals surface area contributed by atoms with Gasteiger partial charge in [-0.05, 0) is 54.9 Å². The van der Waals surface area contributed by atoms with Crippen molar-refractivity contribution < 1.29 is 42.9 Å². The number of ether oxygens (including phenoxy) is 3. The number of anilines is 1. The fourth-order valence-corrected chi connectivity index (χ4v) is 4.14. The molecule has 2 atom stereocenters. The highest BCUT2D eigenvalue weighted by Crippen LogP contribution is 2.44. The molecule has 0 saturated heterocycles. The van der Waals surface area contributed by atoms with E-state index in [4.69, 9.17) is 18.7 Å². The first-order valence-electron chi connectivity index (χ1n) is 12.1. The summed E-state index contributed by atoms with van der Waals surface area (Å²) in [5.41, 5.74) is -0.918. The Morgan fingerprint density at radius 3 is 2.21 bits per heavy atom. The number of aliphatic hydroxyl groups excluding tert-OH is 1. The molecule has 0 aliphatic rings. The van der Waals surface area contributed by atoms with Crippen molar-refractivity contribution in [1.82, 2.24) is 19.5 Å². The second-order valence-corrected chi connectivity index (χ2v) is 12.2. The van der Waals surface area contributed by atoms with Crippen LogP contribution in [0.2, 0.25) is 0 Å². The third kappa shape index (κ3) is 9.59. The summed E-state index contributed by atoms with van der Waals surface area (Å²) in [5, 5.41) is 13.0. The van der Waals surface area contributed by atoms with Gasteiger partial charge in [-0.1, -0.05) is 0 Å². The summed E-state index contributed by atoms with van der Waals surface area (Å²) >= 11 is 0. The van der Waals surface area contributed by atoms with Crippen LogP contribution in [0.1, 0.15) is 60.9 Å². The number of fused-ring (bicyclic) bond motifs is 1. The second kappa shape index (κ2) is 12.9. The summed E-state index contributed by atoms with van der Waals surface area (Å²) in [6.07, 6.45) is 0.234. The highest BCUT2D eigenvalue weighted by molar-refractivity contribution is 7.52. The molecule has 0 aromatic carbocycles. The number of nitrogens with one attached hydrogen (secondary N) is 1. The van der Waals surface area contributed by atoms with E-state index in [9.17, 15) is 24.2 Å². The lowest BCUT2D eigenvalue weighted by atomic mass is 10.2. The maximum absolute atomic E-state index is 12.7. The number of rotatable bonds is 13. The van der Waals surface area contributed by atoms with E-state index in [1.807, 2.05) is 6.92 Å². The molecule has 3 N–H and O–H groups in total. The number of nitrogens with zero attached hydrogens (tertiary/aromatic N) is 4. The lowest BCUT2D eigenvalue weighted by Crippen LogP contribution is -2.42. The Balaban J connectivity index is 2.04. The van der Waals surface area contributed by atoms with E-state index >= 15 is 0 Å². The van der Waals surface area contributed by atoms with E-state index in [2.05, 4.69) is 20.3 Å². The zero-order valence-electron chi connectivity index (χ0n) is 22.8. The number of carbonyl (C=O) groups is 2. The Kier molecular flexibility index (Phi) is 10.8. The van der Waals surface area contributed by atoms with Gasteiger partial charge in [0.05, 0.1) is 19.0 Å². The first kappa shape index (κ1) is 31.6. The monoisotopic (exact) mass is 559 g/mol. The molecule has 15 heteroatoms. The van der Waals surface area contributed by atoms with E-state index in [1.165, 1.54) is 12.7 Å². The number of hydrogen-bond acceptors (Lipinski definition) is 12. The fourth-order valence-electron chi connectivity index (χ4n) is 3.22. The molecule has 38 heavy (non-hydrogen) atoms. The van der Waals surface area contributed by atoms with Crippen LogP contribution in [-0.4, -0.2) is 84.9 Å². The average molecular weight is 560 g/mol. The Bertz CT molecular complexity index is 1110. The van der Waals surface area contributed by atoms with Gasteiger partial charge in [-0.2, -0.15) is 0 Å². The average Bonchev–Trinajstić information content (AvgIpc) is 3.20. The van der Waals surface area contributed by atoms with Gasteiger partial charge in [0.2, 0.25) is 0 Å². The van der Waals surface area contributed by atoms with Crippen LogP contribution in [0.5, 0.6) is 0 Å². The molecule has 2 rings (SSSR count). The summed E-state index contributed by atoms with van der Waals surface area (Å²) in [5.74, 6) is -1.76. The van der Waals surface area contributed by atoms with Crippen LogP contribution in [0, 0.1) is 0 Å². The molecule has 2 heterocycles. The van der Waals surface area contributed by atoms with Crippen molar-refractivity contribution in [2.24, 2.45) is 0 Å². The number of carbonyl (C=O) groups excluding carboxylic acids is 2. The smallest absolute Gasteiger partial charge is 0.354 e. The molecule has 0 radical (unpaired) electrons. The third-order valence-electron chi connectivity index (χ3n) is 4.67. The standard InChI is InChI=1S/C23H38N5O9P/c1-8-24-18-16-19(26-12-25-18)28(13-27-16)15(11-29)9-10-34-14-38(32,33)37-17(20(30)35-22(2,3)4)21(31)36-23(5,6)7/h12-13,15,17,29H,8-11,14H2,1-7H3,(H,32,33)(H,24,25,26). The third-order valence-corrected chi connectivity index (χ3v) is 5.72. The zero-order chi connectivity index (χ0) is 28.7. The van der Waals surface area contributed by atoms with E-state index < -0.39 is 49.2 Å². The van der Waals surface area contributed by atoms with Crippen molar-refractivity contribution in [1.29, 1.82) is 0 Å². The number of esters is 2. The van der Waals surface area contributed by atoms with Gasteiger partial charge in [-0.15, -0.1) is 0 Å². The van der Waals surface area contributed by atoms with Gasteiger partial charge in [-0.3, -0.25) is 9.09 Å². The quantitative estimate of drug-likeness (QED) is 0.141. The Morgan fingerprint density at radius 2 is 1.68 bits per heavy atom. The highest BCUT2D eigenvalue weighted by atomic mass is 31.2. The van der Waals surface area contributed by atoms with Crippen molar-refractivity contribution in [3.8, 4) is 0 Å². The Morgan fingerprint density at radius 1 is 1.08 bits per heavy atom. The van der Waals surface area contributed by atoms with Gasteiger partial charge in [0.25, 0.3) is 6.10 Å².